The van der Waals surface area contributed by atoms with E-state index >= 15 is 0 Å². The molecule has 3 aliphatic rings. The number of aliphatic hydroxyl groups is 1. The maximum absolute atomic E-state index is 13.5. The van der Waals surface area contributed by atoms with Crippen molar-refractivity contribution in [2.75, 3.05) is 26.2 Å². The molecular weight excluding hydrogens is 916 g/mol. The van der Waals surface area contributed by atoms with Crippen molar-refractivity contribution in [3.05, 3.63) is 48.6 Å². The van der Waals surface area contributed by atoms with Crippen LogP contribution >= 0.6 is 0 Å². The van der Waals surface area contributed by atoms with Gasteiger partial charge in [0.25, 0.3) is 0 Å². The number of aromatic nitrogens is 7. The molecule has 4 aromatic heterocycles. The normalized spacial score (nSPS) is 19.1. The predicted octanol–water partition coefficient (Wildman–Crippen LogP) is 5.02. The second-order valence-corrected chi connectivity index (χ2v) is 14.4. The molecule has 0 spiro atoms. The smallest absolute Gasteiger partial charge is 0.475 e. The number of β-amino-alcohol motifs (C(OH)–C–C–N with tert-alkyl or cyclic N) is 1. The van der Waals surface area contributed by atoms with E-state index in [1.165, 1.54) is 12.4 Å². The maximum atomic E-state index is 13.5. The van der Waals surface area contributed by atoms with Crippen LogP contribution in [0.1, 0.15) is 43.6 Å². The molecule has 4 aromatic rings. The molecule has 0 aromatic carbocycles. The van der Waals surface area contributed by atoms with Gasteiger partial charge in [0, 0.05) is 68.2 Å². The van der Waals surface area contributed by atoms with Gasteiger partial charge in [0.2, 0.25) is 11.7 Å². The third kappa shape index (κ3) is 14.1. The van der Waals surface area contributed by atoms with Crippen LogP contribution < -0.4 is 4.74 Å². The number of carboxylic acids is 3. The number of rotatable bonds is 8. The number of ether oxygens (including phenoxy) is 1. The van der Waals surface area contributed by atoms with Gasteiger partial charge < -0.3 is 30.1 Å². The van der Waals surface area contributed by atoms with Crippen LogP contribution in [0.4, 0.5) is 52.7 Å². The Balaban J connectivity index is 0.000000366. The van der Waals surface area contributed by atoms with Crippen LogP contribution in [0.15, 0.2) is 37.1 Å². The third-order valence-electron chi connectivity index (χ3n) is 9.61. The van der Waals surface area contributed by atoms with E-state index in [1.807, 2.05) is 28.0 Å². The van der Waals surface area contributed by atoms with E-state index in [-0.39, 0.29) is 30.3 Å². The molecule has 2 aliphatic heterocycles. The number of nitriles is 1. The van der Waals surface area contributed by atoms with Crippen LogP contribution in [0.2, 0.25) is 0 Å². The molecule has 356 valence electrons. The van der Waals surface area contributed by atoms with Crippen LogP contribution in [-0.4, -0.2) is 146 Å². The van der Waals surface area contributed by atoms with E-state index in [4.69, 9.17) is 34.4 Å². The maximum Gasteiger partial charge on any atom is 0.490 e. The summed E-state index contributed by atoms with van der Waals surface area (Å²) < 4.78 is 144. The van der Waals surface area contributed by atoms with Crippen LogP contribution in [0.3, 0.4) is 0 Å². The minimum Gasteiger partial charge on any atom is -0.475 e. The fourth-order valence-electron chi connectivity index (χ4n) is 6.60. The molecule has 0 amide bonds. The fraction of sp³-hybridized carbons (Fsp3) is 0.514. The average Bonchev–Trinajstić information content (AvgIpc) is 3.86. The highest BCUT2D eigenvalue weighted by atomic mass is 19.4. The van der Waals surface area contributed by atoms with Crippen LogP contribution in [0.5, 0.6) is 5.88 Å². The Morgan fingerprint density at radius 2 is 1.42 bits per heavy atom. The van der Waals surface area contributed by atoms with Gasteiger partial charge in [0.15, 0.2) is 0 Å². The summed E-state index contributed by atoms with van der Waals surface area (Å²) in [6, 6.07) is 6.01. The van der Waals surface area contributed by atoms with Crippen molar-refractivity contribution in [1.82, 2.24) is 44.5 Å². The summed E-state index contributed by atoms with van der Waals surface area (Å²) in [4.78, 5) is 50.0. The number of halogens is 12. The molecule has 0 atom stereocenters. The zero-order chi connectivity index (χ0) is 48.7. The highest BCUT2D eigenvalue weighted by Gasteiger charge is 2.48. The lowest BCUT2D eigenvalue weighted by molar-refractivity contribution is -0.193. The second-order valence-electron chi connectivity index (χ2n) is 14.4. The van der Waals surface area contributed by atoms with E-state index < -0.39 is 60.1 Å². The first-order valence-electron chi connectivity index (χ1n) is 18.4. The monoisotopic (exact) mass is 950 g/mol. The molecule has 0 radical (unpaired) electrons. The number of aliphatic hydroxyl groups excluding tert-OH is 1. The van der Waals surface area contributed by atoms with Gasteiger partial charge >= 0.3 is 42.6 Å². The molecule has 30 heteroatoms. The number of likely N-dealkylation sites (tertiary alicyclic amines) is 2. The zero-order valence-electron chi connectivity index (χ0n) is 32.7. The molecule has 1 saturated carbocycles. The molecule has 1 aliphatic carbocycles. The lowest BCUT2D eigenvalue weighted by atomic mass is 9.82. The number of aliphatic carboxylic acids is 3. The number of H-pyrrole nitrogens is 1. The predicted molar refractivity (Wildman–Crippen MR) is 191 cm³/mol. The molecule has 5 N–H and O–H groups in total. The quantitative estimate of drug-likeness (QED) is 0.145. The molecule has 0 unspecified atom stereocenters. The number of hydrogen-bond acceptors (Lipinski definition) is 13. The van der Waals surface area contributed by atoms with Crippen LogP contribution in [-0.2, 0) is 32.6 Å². The molecular formula is C35H34F12N10O8. The Morgan fingerprint density at radius 3 is 1.91 bits per heavy atom. The molecule has 7 rings (SSSR count). The molecule has 6 heterocycles. The molecule has 0 bridgehead atoms. The highest BCUT2D eigenvalue weighted by Crippen LogP contribution is 2.39. The fourth-order valence-corrected chi connectivity index (χ4v) is 6.60. The van der Waals surface area contributed by atoms with Crippen molar-refractivity contribution in [1.29, 1.82) is 5.26 Å². The Morgan fingerprint density at radius 1 is 0.862 bits per heavy atom. The summed E-state index contributed by atoms with van der Waals surface area (Å²) in [6.07, 6.45) is -10.3. The van der Waals surface area contributed by atoms with Crippen molar-refractivity contribution < 1.29 is 92.2 Å². The van der Waals surface area contributed by atoms with E-state index in [2.05, 4.69) is 41.0 Å². The Labute approximate surface area is 356 Å². The summed E-state index contributed by atoms with van der Waals surface area (Å²) in [5, 5.41) is 46.1. The van der Waals surface area contributed by atoms with Gasteiger partial charge in [-0.3, -0.25) is 14.5 Å². The third-order valence-corrected chi connectivity index (χ3v) is 9.61. The Hall–Kier alpha value is -6.35. The van der Waals surface area contributed by atoms with Gasteiger partial charge in [0.05, 0.1) is 36.2 Å². The van der Waals surface area contributed by atoms with E-state index in [1.54, 1.807) is 6.20 Å². The van der Waals surface area contributed by atoms with E-state index in [9.17, 15) is 63.1 Å². The van der Waals surface area contributed by atoms with Crippen molar-refractivity contribution in [3.8, 4) is 23.2 Å². The number of nitrogens with one attached hydrogen (secondary N) is 1. The highest BCUT2D eigenvalue weighted by molar-refractivity contribution is 5.90. The first-order valence-corrected chi connectivity index (χ1v) is 18.4. The molecule has 65 heavy (non-hydrogen) atoms. The van der Waals surface area contributed by atoms with Crippen LogP contribution in [0.25, 0.3) is 22.3 Å². The average molecular weight is 951 g/mol. The SMILES string of the molecule is N#CCC1(n2cc(-c3ncnc4[nH]ccc34)cn2)CN([C@H]2CC[C@@H](Oc3cc(CN4CC(O)C4)nc(C(F)(F)F)n3)CC2)C1.O=C(O)C(F)(F)F.O=C(O)C(F)(F)F.O=C(O)C(F)(F)F. The lowest BCUT2D eigenvalue weighted by Crippen LogP contribution is -2.65. The summed E-state index contributed by atoms with van der Waals surface area (Å²) in [7, 11) is 0. The number of carboxylic acid groups (broad SMARTS) is 3. The minimum absolute atomic E-state index is 0.0704. The number of hydrogen-bond donors (Lipinski definition) is 5. The largest absolute Gasteiger partial charge is 0.490 e. The number of fused-ring (bicyclic) bond motifs is 1. The zero-order valence-corrected chi connectivity index (χ0v) is 32.7. The lowest BCUT2D eigenvalue weighted by Gasteiger charge is -2.53. The molecule has 18 nitrogen and oxygen atoms in total. The van der Waals surface area contributed by atoms with Crippen molar-refractivity contribution in [2.24, 2.45) is 0 Å². The number of alkyl halides is 12. The van der Waals surface area contributed by atoms with Gasteiger partial charge in [-0.05, 0) is 31.7 Å². The standard InChI is InChI=1S/C29H31F3N10O2.3C2HF3O2/c30-29(31,32)27-38-19(12-40-13-21(43)14-40)9-24(39-27)44-22-3-1-20(2-4-22)41-15-28(16-41,6-7-33)42-11-18(10-37-42)25-23-5-8-34-26(23)36-17-35-25;3*3-2(4,5)1(6)7/h5,8-11,17,20-22,43H,1-4,6,12-16H2,(H,34,35,36);3*(H,6,7)/t20-,22+;;;. The van der Waals surface area contributed by atoms with Gasteiger partial charge in [-0.25, -0.2) is 29.3 Å². The number of nitrogens with zero attached hydrogens (tertiary/aromatic N) is 9. The van der Waals surface area contributed by atoms with Gasteiger partial charge in [-0.15, -0.1) is 0 Å². The number of carbonyl (C=O) groups is 3. The Bertz CT molecular complexity index is 2250. The van der Waals surface area contributed by atoms with Gasteiger partial charge in [0.1, 0.15) is 23.6 Å². The van der Waals surface area contributed by atoms with Crippen LogP contribution in [0, 0.1) is 11.3 Å². The topological polar surface area (TPSA) is 257 Å². The van der Waals surface area contributed by atoms with E-state index in [0.717, 1.165) is 35.1 Å². The Kier molecular flexibility index (Phi) is 16.0. The molecule has 2 saturated heterocycles. The summed E-state index contributed by atoms with van der Waals surface area (Å²) in [5.74, 6) is -9.56. The van der Waals surface area contributed by atoms with Crippen molar-refractivity contribution >= 4 is 28.9 Å². The van der Waals surface area contributed by atoms with Gasteiger partial charge in [-0.2, -0.15) is 68.0 Å². The summed E-state index contributed by atoms with van der Waals surface area (Å²) in [6.45, 7) is 2.35. The van der Waals surface area contributed by atoms with E-state index in [0.29, 0.717) is 45.4 Å². The van der Waals surface area contributed by atoms with Crippen molar-refractivity contribution in [2.45, 2.75) is 87.1 Å². The first kappa shape index (κ1) is 51.3. The first-order chi connectivity index (χ1) is 30.0. The summed E-state index contributed by atoms with van der Waals surface area (Å²) in [5.41, 5.74) is 2.16. The molecule has 3 fully saturated rings. The van der Waals surface area contributed by atoms with Crippen molar-refractivity contribution in [3.63, 3.8) is 0 Å². The second kappa shape index (κ2) is 20.2. The summed E-state index contributed by atoms with van der Waals surface area (Å²) >= 11 is 0. The minimum atomic E-state index is -5.08. The number of aromatic amines is 1. The van der Waals surface area contributed by atoms with Gasteiger partial charge in [-0.1, -0.05) is 0 Å².